The first-order valence-corrected chi connectivity index (χ1v) is 11.7. The molecule has 0 unspecified atom stereocenters. The number of ether oxygens (including phenoxy) is 1. The van der Waals surface area contributed by atoms with Crippen LogP contribution in [0.25, 0.3) is 11.3 Å². The van der Waals surface area contributed by atoms with Crippen LogP contribution in [0.15, 0.2) is 53.9 Å². The third-order valence-corrected chi connectivity index (χ3v) is 6.43. The van der Waals surface area contributed by atoms with E-state index >= 15 is 0 Å². The number of carbonyl (C=O) groups excluding carboxylic acids is 1. The van der Waals surface area contributed by atoms with E-state index in [0.29, 0.717) is 23.8 Å². The topological polar surface area (TPSA) is 88.6 Å². The molecule has 1 aliphatic rings. The lowest BCUT2D eigenvalue weighted by molar-refractivity contribution is -0.118. The van der Waals surface area contributed by atoms with Gasteiger partial charge in [0.15, 0.2) is 11.7 Å². The van der Waals surface area contributed by atoms with Gasteiger partial charge in [0.2, 0.25) is 10.0 Å². The number of fused-ring (bicyclic) bond motifs is 1. The van der Waals surface area contributed by atoms with Crippen molar-refractivity contribution in [1.82, 2.24) is 4.98 Å². The minimum Gasteiger partial charge on any atom is -0.484 e. The number of carbonyl (C=O) groups is 1. The van der Waals surface area contributed by atoms with E-state index in [2.05, 4.69) is 10.3 Å². The van der Waals surface area contributed by atoms with E-state index in [4.69, 9.17) is 4.74 Å². The summed E-state index contributed by atoms with van der Waals surface area (Å²) in [5.41, 5.74) is 3.31. The van der Waals surface area contributed by atoms with Crippen LogP contribution in [-0.2, 0) is 21.2 Å². The Kier molecular flexibility index (Phi) is 5.25. The molecular formula is C20H19N3O4S2. The molecule has 1 aromatic heterocycles. The Balaban J connectivity index is 1.42. The van der Waals surface area contributed by atoms with Crippen LogP contribution in [0.5, 0.6) is 5.75 Å². The van der Waals surface area contributed by atoms with Crippen molar-refractivity contribution in [3.8, 4) is 17.0 Å². The standard InChI is InChI=1S/C20H19N3O4S2/c1-29(25,26)23-10-9-15-11-14(7-8-18(15)23)17-13-28-20(21-17)22-19(24)12-27-16-5-3-2-4-6-16/h2-8,11,13H,9-10,12H2,1H3,(H,21,22,24). The molecule has 0 saturated heterocycles. The second kappa shape index (κ2) is 7.84. The Morgan fingerprint density at radius 1 is 1.24 bits per heavy atom. The Bertz CT molecular complexity index is 1140. The molecule has 3 aromatic rings. The zero-order chi connectivity index (χ0) is 20.4. The molecule has 0 aliphatic carbocycles. The molecule has 0 fully saturated rings. The van der Waals surface area contributed by atoms with Gasteiger partial charge < -0.3 is 4.74 Å². The summed E-state index contributed by atoms with van der Waals surface area (Å²) in [6, 6.07) is 14.7. The van der Waals surface area contributed by atoms with Gasteiger partial charge in [-0.2, -0.15) is 0 Å². The fourth-order valence-electron chi connectivity index (χ4n) is 3.16. The number of para-hydroxylation sites is 1. The predicted molar refractivity (Wildman–Crippen MR) is 114 cm³/mol. The minimum atomic E-state index is -3.27. The molecule has 0 saturated carbocycles. The van der Waals surface area contributed by atoms with E-state index in [9.17, 15) is 13.2 Å². The smallest absolute Gasteiger partial charge is 0.264 e. The van der Waals surface area contributed by atoms with Crippen LogP contribution in [0.2, 0.25) is 0 Å². The number of anilines is 2. The van der Waals surface area contributed by atoms with Gasteiger partial charge in [-0.25, -0.2) is 13.4 Å². The third-order valence-electron chi connectivity index (χ3n) is 4.49. The van der Waals surface area contributed by atoms with Gasteiger partial charge in [0, 0.05) is 17.5 Å². The zero-order valence-corrected chi connectivity index (χ0v) is 17.3. The summed E-state index contributed by atoms with van der Waals surface area (Å²) in [7, 11) is -3.27. The third kappa shape index (κ3) is 4.41. The molecule has 4 rings (SSSR count). The number of hydrogen-bond donors (Lipinski definition) is 1. The maximum Gasteiger partial charge on any atom is 0.264 e. The van der Waals surface area contributed by atoms with Crippen LogP contribution in [0.1, 0.15) is 5.56 Å². The first kappa shape index (κ1) is 19.4. The highest BCUT2D eigenvalue weighted by Crippen LogP contribution is 2.34. The number of thiazole rings is 1. The van der Waals surface area contributed by atoms with Crippen LogP contribution in [-0.4, -0.2) is 38.7 Å². The Hall–Kier alpha value is -2.91. The first-order chi connectivity index (χ1) is 13.9. The van der Waals surface area contributed by atoms with Crippen LogP contribution >= 0.6 is 11.3 Å². The molecule has 1 amide bonds. The SMILES string of the molecule is CS(=O)(=O)N1CCc2cc(-c3csc(NC(=O)COc4ccccc4)n3)ccc21. The second-order valence-electron chi connectivity index (χ2n) is 6.62. The Morgan fingerprint density at radius 2 is 2.03 bits per heavy atom. The van der Waals surface area contributed by atoms with Gasteiger partial charge in [-0.3, -0.25) is 14.4 Å². The van der Waals surface area contributed by atoms with Gasteiger partial charge in [-0.15, -0.1) is 11.3 Å². The molecule has 2 heterocycles. The molecule has 0 bridgehead atoms. The van der Waals surface area contributed by atoms with E-state index < -0.39 is 10.0 Å². The van der Waals surface area contributed by atoms with Crippen molar-refractivity contribution in [2.45, 2.75) is 6.42 Å². The van der Waals surface area contributed by atoms with Crippen molar-refractivity contribution >= 4 is 38.1 Å². The van der Waals surface area contributed by atoms with E-state index in [1.165, 1.54) is 21.9 Å². The molecule has 0 spiro atoms. The highest BCUT2D eigenvalue weighted by atomic mass is 32.2. The van der Waals surface area contributed by atoms with Gasteiger partial charge in [-0.1, -0.05) is 24.3 Å². The molecule has 0 radical (unpaired) electrons. The molecule has 1 aliphatic heterocycles. The molecule has 9 heteroatoms. The highest BCUT2D eigenvalue weighted by molar-refractivity contribution is 7.92. The van der Waals surface area contributed by atoms with Crippen LogP contribution in [0.3, 0.4) is 0 Å². The molecule has 0 atom stereocenters. The zero-order valence-electron chi connectivity index (χ0n) is 15.7. The summed E-state index contributed by atoms with van der Waals surface area (Å²) in [4.78, 5) is 16.6. The van der Waals surface area contributed by atoms with Crippen LogP contribution < -0.4 is 14.4 Å². The molecule has 29 heavy (non-hydrogen) atoms. The summed E-state index contributed by atoms with van der Waals surface area (Å²) in [5, 5.41) is 5.08. The summed E-state index contributed by atoms with van der Waals surface area (Å²) in [6.07, 6.45) is 1.88. The largest absolute Gasteiger partial charge is 0.484 e. The quantitative estimate of drug-likeness (QED) is 0.650. The van der Waals surface area contributed by atoms with Crippen LogP contribution in [0, 0.1) is 0 Å². The van der Waals surface area contributed by atoms with E-state index in [1.54, 1.807) is 12.1 Å². The van der Waals surface area contributed by atoms with Gasteiger partial charge in [-0.05, 0) is 36.2 Å². The maximum absolute atomic E-state index is 12.1. The highest BCUT2D eigenvalue weighted by Gasteiger charge is 2.26. The Morgan fingerprint density at radius 3 is 2.79 bits per heavy atom. The second-order valence-corrected chi connectivity index (χ2v) is 9.38. The number of nitrogens with zero attached hydrogens (tertiary/aromatic N) is 2. The van der Waals surface area contributed by atoms with Gasteiger partial charge >= 0.3 is 0 Å². The summed E-state index contributed by atoms with van der Waals surface area (Å²) in [6.45, 7) is 0.358. The van der Waals surface area contributed by atoms with Gasteiger partial charge in [0.05, 0.1) is 17.6 Å². The summed E-state index contributed by atoms with van der Waals surface area (Å²) < 4.78 is 30.6. The van der Waals surface area contributed by atoms with Crippen molar-refractivity contribution < 1.29 is 17.9 Å². The normalized spacial score (nSPS) is 13.2. The summed E-state index contributed by atoms with van der Waals surface area (Å²) >= 11 is 1.33. The molecule has 7 nitrogen and oxygen atoms in total. The van der Waals surface area contributed by atoms with Crippen LogP contribution in [0.4, 0.5) is 10.8 Å². The number of hydrogen-bond acceptors (Lipinski definition) is 6. The lowest BCUT2D eigenvalue weighted by Crippen LogP contribution is -2.27. The van der Waals surface area contributed by atoms with Gasteiger partial charge in [0.25, 0.3) is 5.91 Å². The number of aromatic nitrogens is 1. The van der Waals surface area contributed by atoms with Crippen molar-refractivity contribution in [3.63, 3.8) is 0 Å². The summed E-state index contributed by atoms with van der Waals surface area (Å²) in [5.74, 6) is 0.344. The van der Waals surface area contributed by atoms with E-state index in [0.717, 1.165) is 22.5 Å². The fraction of sp³-hybridized carbons (Fsp3) is 0.200. The van der Waals surface area contributed by atoms with E-state index in [1.807, 2.05) is 41.8 Å². The van der Waals surface area contributed by atoms with Crippen molar-refractivity contribution in [3.05, 3.63) is 59.5 Å². The number of benzene rings is 2. The average molecular weight is 430 g/mol. The number of amides is 1. The average Bonchev–Trinajstić information content (AvgIpc) is 3.33. The molecule has 1 N–H and O–H groups in total. The first-order valence-electron chi connectivity index (χ1n) is 8.94. The number of rotatable bonds is 6. The predicted octanol–water partition coefficient (Wildman–Crippen LogP) is 3.15. The van der Waals surface area contributed by atoms with Crippen molar-refractivity contribution in [2.75, 3.05) is 29.0 Å². The van der Waals surface area contributed by atoms with Gasteiger partial charge in [0.1, 0.15) is 5.75 Å². The molecule has 2 aromatic carbocycles. The molecular weight excluding hydrogens is 410 g/mol. The maximum atomic E-state index is 12.1. The molecule has 150 valence electrons. The monoisotopic (exact) mass is 429 g/mol. The fourth-order valence-corrected chi connectivity index (χ4v) is 4.85. The number of nitrogens with one attached hydrogen (secondary N) is 1. The van der Waals surface area contributed by atoms with E-state index in [-0.39, 0.29) is 12.5 Å². The van der Waals surface area contributed by atoms with Crippen molar-refractivity contribution in [2.24, 2.45) is 0 Å². The van der Waals surface area contributed by atoms with Crippen molar-refractivity contribution in [1.29, 1.82) is 0 Å². The lowest BCUT2D eigenvalue weighted by Gasteiger charge is -2.16. The lowest BCUT2D eigenvalue weighted by atomic mass is 10.1. The number of sulfonamides is 1. The Labute approximate surface area is 173 Å². The minimum absolute atomic E-state index is 0.0981.